The van der Waals surface area contributed by atoms with Crippen molar-refractivity contribution in [2.45, 2.75) is 116 Å². The maximum atomic E-state index is 12.2. The van der Waals surface area contributed by atoms with Gasteiger partial charge in [0.25, 0.3) is 0 Å². The lowest BCUT2D eigenvalue weighted by Crippen LogP contribution is -2.53. The van der Waals surface area contributed by atoms with Crippen molar-refractivity contribution in [1.82, 2.24) is 16.0 Å². The molecule has 0 fully saturated rings. The van der Waals surface area contributed by atoms with Gasteiger partial charge in [-0.2, -0.15) is 11.8 Å². The van der Waals surface area contributed by atoms with Gasteiger partial charge >= 0.3 is 12.1 Å². The molecule has 0 aliphatic rings. The summed E-state index contributed by atoms with van der Waals surface area (Å²) in [7, 11) is 0. The lowest BCUT2D eigenvalue weighted by Gasteiger charge is -2.19. The maximum Gasteiger partial charge on any atom is 0.407 e. The zero-order chi connectivity index (χ0) is 28.4. The SMILES string of the molecule is CCCCCCCCCCCCCCCCOC(=O)NCCSCC(NC(C)=O)C(=O)NC(CO)C(=O)O. The molecule has 0 aliphatic carbocycles. The van der Waals surface area contributed by atoms with E-state index in [1.807, 2.05) is 0 Å². The van der Waals surface area contributed by atoms with Crippen LogP contribution in [0.15, 0.2) is 0 Å². The Morgan fingerprint density at radius 3 is 1.79 bits per heavy atom. The summed E-state index contributed by atoms with van der Waals surface area (Å²) in [5.74, 6) is -1.85. The molecule has 2 unspecified atom stereocenters. The maximum absolute atomic E-state index is 12.2. The molecule has 0 rings (SSSR count). The van der Waals surface area contributed by atoms with Gasteiger partial charge in [-0.05, 0) is 6.42 Å². The largest absolute Gasteiger partial charge is 0.480 e. The number of unbranched alkanes of at least 4 members (excludes halogenated alkanes) is 13. The van der Waals surface area contributed by atoms with Gasteiger partial charge < -0.3 is 30.9 Å². The summed E-state index contributed by atoms with van der Waals surface area (Å²) in [4.78, 5) is 46.4. The molecule has 5 N–H and O–H groups in total. The number of alkyl carbamates (subject to hydrolysis) is 1. The average Bonchev–Trinajstić information content (AvgIpc) is 2.88. The van der Waals surface area contributed by atoms with E-state index in [4.69, 9.17) is 14.9 Å². The zero-order valence-corrected chi connectivity index (χ0v) is 24.3. The summed E-state index contributed by atoms with van der Waals surface area (Å²) in [6.07, 6.45) is 17.3. The fraction of sp³-hybridized carbons (Fsp3) is 0.852. The molecule has 0 aromatic heterocycles. The first-order chi connectivity index (χ1) is 18.3. The molecule has 0 aromatic carbocycles. The van der Waals surface area contributed by atoms with Crippen molar-refractivity contribution in [3.8, 4) is 0 Å². The fourth-order valence-corrected chi connectivity index (χ4v) is 4.71. The molecule has 38 heavy (non-hydrogen) atoms. The Balaban J connectivity index is 3.73. The van der Waals surface area contributed by atoms with Crippen LogP contribution in [-0.4, -0.2) is 77.4 Å². The van der Waals surface area contributed by atoms with Crippen molar-refractivity contribution in [3.05, 3.63) is 0 Å². The summed E-state index contributed by atoms with van der Waals surface area (Å²) in [6.45, 7) is 3.45. The van der Waals surface area contributed by atoms with Crippen molar-refractivity contribution < 1.29 is 34.1 Å². The molecule has 0 spiro atoms. The van der Waals surface area contributed by atoms with Crippen LogP contribution >= 0.6 is 11.8 Å². The molecule has 0 aromatic rings. The molecule has 0 saturated carbocycles. The molecule has 10 nitrogen and oxygen atoms in total. The second-order valence-corrected chi connectivity index (χ2v) is 10.7. The number of aliphatic carboxylic acids is 1. The van der Waals surface area contributed by atoms with E-state index < -0.39 is 42.6 Å². The molecule has 222 valence electrons. The normalized spacial score (nSPS) is 12.4. The van der Waals surface area contributed by atoms with Gasteiger partial charge in [-0.1, -0.05) is 90.4 Å². The van der Waals surface area contributed by atoms with Gasteiger partial charge in [-0.25, -0.2) is 9.59 Å². The third-order valence-electron chi connectivity index (χ3n) is 6.02. The predicted molar refractivity (Wildman–Crippen MR) is 151 cm³/mol. The van der Waals surface area contributed by atoms with Crippen LogP contribution < -0.4 is 16.0 Å². The van der Waals surface area contributed by atoms with Gasteiger partial charge in [-0.15, -0.1) is 0 Å². The highest BCUT2D eigenvalue weighted by molar-refractivity contribution is 7.99. The van der Waals surface area contributed by atoms with Gasteiger partial charge in [0.05, 0.1) is 13.2 Å². The van der Waals surface area contributed by atoms with Gasteiger partial charge in [0.2, 0.25) is 11.8 Å². The van der Waals surface area contributed by atoms with Crippen molar-refractivity contribution in [1.29, 1.82) is 0 Å². The third kappa shape index (κ3) is 22.0. The van der Waals surface area contributed by atoms with Crippen LogP contribution in [0.3, 0.4) is 0 Å². The Hall–Kier alpha value is -2.01. The first-order valence-corrected chi connectivity index (χ1v) is 15.4. The minimum Gasteiger partial charge on any atom is -0.480 e. The zero-order valence-electron chi connectivity index (χ0n) is 23.4. The smallest absolute Gasteiger partial charge is 0.407 e. The number of hydrogen-bond donors (Lipinski definition) is 5. The summed E-state index contributed by atoms with van der Waals surface area (Å²) >= 11 is 1.31. The molecule has 0 aliphatic heterocycles. The summed E-state index contributed by atoms with van der Waals surface area (Å²) in [5, 5.41) is 25.3. The number of carbonyl (C=O) groups is 4. The molecule has 0 saturated heterocycles. The highest BCUT2D eigenvalue weighted by Gasteiger charge is 2.25. The minimum absolute atomic E-state index is 0.180. The summed E-state index contributed by atoms with van der Waals surface area (Å²) in [5.41, 5.74) is 0. The van der Waals surface area contributed by atoms with Crippen LogP contribution in [0.25, 0.3) is 0 Å². The van der Waals surface area contributed by atoms with E-state index in [0.717, 1.165) is 19.3 Å². The summed E-state index contributed by atoms with van der Waals surface area (Å²) in [6, 6.07) is -2.40. The van der Waals surface area contributed by atoms with Crippen LogP contribution in [0.5, 0.6) is 0 Å². The number of carbonyl (C=O) groups excluding carboxylic acids is 3. The number of aliphatic hydroxyl groups is 1. The van der Waals surface area contributed by atoms with Crippen LogP contribution in [0, 0.1) is 0 Å². The first-order valence-electron chi connectivity index (χ1n) is 14.2. The minimum atomic E-state index is -1.44. The number of rotatable bonds is 25. The number of hydrogen-bond acceptors (Lipinski definition) is 7. The van der Waals surface area contributed by atoms with Crippen LogP contribution in [0.4, 0.5) is 4.79 Å². The molecule has 0 radical (unpaired) electrons. The molecular weight excluding hydrogens is 510 g/mol. The number of aliphatic hydroxyl groups excluding tert-OH is 1. The van der Waals surface area contributed by atoms with Gasteiger partial charge in [-0.3, -0.25) is 9.59 Å². The highest BCUT2D eigenvalue weighted by Crippen LogP contribution is 2.13. The van der Waals surface area contributed by atoms with Crippen LogP contribution in [0.1, 0.15) is 104 Å². The second-order valence-electron chi connectivity index (χ2n) is 9.57. The monoisotopic (exact) mass is 561 g/mol. The quantitative estimate of drug-likeness (QED) is 0.105. The van der Waals surface area contributed by atoms with Gasteiger partial charge in [0.1, 0.15) is 12.1 Å². The standard InChI is InChI=1S/C27H51N3O7S/c1-3-4-5-6-7-8-9-10-11-12-13-14-15-16-18-37-27(36)28-17-19-38-21-24(29-22(2)32)25(33)30-23(20-31)26(34)35/h23-24,31H,3-21H2,1-2H3,(H,28,36)(H,29,32)(H,30,33)(H,34,35). The van der Waals surface area contributed by atoms with E-state index in [-0.39, 0.29) is 5.75 Å². The number of nitrogens with one attached hydrogen (secondary N) is 3. The lowest BCUT2D eigenvalue weighted by atomic mass is 10.0. The highest BCUT2D eigenvalue weighted by atomic mass is 32.2. The molecule has 2 atom stereocenters. The van der Waals surface area contributed by atoms with Gasteiger partial charge in [0, 0.05) is 25.0 Å². The van der Waals surface area contributed by atoms with E-state index in [2.05, 4.69) is 22.9 Å². The van der Waals surface area contributed by atoms with Crippen LogP contribution in [0.2, 0.25) is 0 Å². The molecular formula is C27H51N3O7S. The number of thioether (sulfide) groups is 1. The molecule has 0 heterocycles. The fourth-order valence-electron chi connectivity index (χ4n) is 3.82. The Bertz CT molecular complexity index is 652. The number of amides is 3. The number of carboxylic acid groups (broad SMARTS) is 1. The average molecular weight is 562 g/mol. The van der Waals surface area contributed by atoms with E-state index in [9.17, 15) is 19.2 Å². The van der Waals surface area contributed by atoms with Crippen molar-refractivity contribution in [2.24, 2.45) is 0 Å². The lowest BCUT2D eigenvalue weighted by molar-refractivity contribution is -0.143. The Kier molecular flexibility index (Phi) is 23.9. The molecule has 3 amide bonds. The Morgan fingerprint density at radius 1 is 0.789 bits per heavy atom. The molecule has 0 bridgehead atoms. The molecule has 11 heteroatoms. The van der Waals surface area contributed by atoms with Crippen LogP contribution in [-0.2, 0) is 19.1 Å². The van der Waals surface area contributed by atoms with Crippen molar-refractivity contribution >= 4 is 35.6 Å². The van der Waals surface area contributed by atoms with E-state index in [1.54, 1.807) is 0 Å². The number of ether oxygens (including phenoxy) is 1. The Labute approximate surface area is 232 Å². The second kappa shape index (κ2) is 25.3. The van der Waals surface area contributed by atoms with Crippen molar-refractivity contribution in [3.63, 3.8) is 0 Å². The van der Waals surface area contributed by atoms with E-state index in [1.165, 1.54) is 89.3 Å². The topological polar surface area (TPSA) is 154 Å². The predicted octanol–water partition coefficient (Wildman–Crippen LogP) is 3.99. The summed E-state index contributed by atoms with van der Waals surface area (Å²) < 4.78 is 5.19. The number of carboxylic acids is 1. The Morgan fingerprint density at radius 2 is 1.32 bits per heavy atom. The first kappa shape index (κ1) is 36.0. The van der Waals surface area contributed by atoms with E-state index >= 15 is 0 Å². The van der Waals surface area contributed by atoms with E-state index in [0.29, 0.717) is 18.9 Å². The van der Waals surface area contributed by atoms with Crippen molar-refractivity contribution in [2.75, 3.05) is 31.3 Å². The van der Waals surface area contributed by atoms with Gasteiger partial charge in [0.15, 0.2) is 0 Å². The third-order valence-corrected chi connectivity index (χ3v) is 7.08.